The molecule has 2 aliphatic rings. The van der Waals surface area contributed by atoms with E-state index in [9.17, 15) is 24.6 Å². The van der Waals surface area contributed by atoms with Crippen LogP contribution in [-0.2, 0) is 16.1 Å². The fourth-order valence-corrected chi connectivity index (χ4v) is 7.22. The molecule has 14 nitrogen and oxygen atoms in total. The molecular weight excluding hydrogens is 783 g/mol. The van der Waals surface area contributed by atoms with E-state index in [2.05, 4.69) is 36.6 Å². The molecule has 0 spiro atoms. The Morgan fingerprint density at radius 1 is 0.850 bits per heavy atom. The molecule has 5 aromatic carbocycles. The number of benzene rings is 5. The molecule has 0 radical (unpaired) electrons. The van der Waals surface area contributed by atoms with Gasteiger partial charge in [0.2, 0.25) is 0 Å². The molecule has 0 unspecified atom stereocenters. The van der Waals surface area contributed by atoms with Crippen molar-refractivity contribution in [1.82, 2.24) is 5.32 Å². The summed E-state index contributed by atoms with van der Waals surface area (Å²) in [4.78, 5) is 48.4. The molecule has 2 heterocycles. The van der Waals surface area contributed by atoms with Gasteiger partial charge in [-0.1, -0.05) is 48.2 Å². The molecule has 0 atom stereocenters. The second-order valence-electron chi connectivity index (χ2n) is 13.3. The third-order valence-electron chi connectivity index (χ3n) is 9.05. The average molecular weight is 824 g/mol. The fourth-order valence-electron chi connectivity index (χ4n) is 6.18. The Labute approximate surface area is 350 Å². The van der Waals surface area contributed by atoms with Crippen molar-refractivity contribution in [2.24, 2.45) is 9.98 Å². The maximum Gasteiger partial charge on any atom is 0.344 e. The summed E-state index contributed by atoms with van der Waals surface area (Å²) >= 11 is 1.12. The number of anilines is 4. The number of para-hydroxylation sites is 1. The lowest BCUT2D eigenvalue weighted by Crippen LogP contribution is -2.21. The summed E-state index contributed by atoms with van der Waals surface area (Å²) in [6.45, 7) is 3.43. The van der Waals surface area contributed by atoms with Crippen molar-refractivity contribution in [1.29, 1.82) is 0 Å². The Hall–Kier alpha value is -7.52. The third-order valence-corrected chi connectivity index (χ3v) is 10.1. The number of hydrogen-bond acceptors (Lipinski definition) is 12. The molecular formula is C45H41N7O7S. The molecule has 60 heavy (non-hydrogen) atoms. The van der Waals surface area contributed by atoms with Gasteiger partial charge in [-0.15, -0.1) is 0 Å². The predicted molar refractivity (Wildman–Crippen MR) is 237 cm³/mol. The maximum absolute atomic E-state index is 13.4. The minimum absolute atomic E-state index is 0.0285. The number of aliphatic hydroxyl groups excluding tert-OH is 1. The van der Waals surface area contributed by atoms with Gasteiger partial charge < -0.3 is 46.3 Å². The van der Waals surface area contributed by atoms with E-state index in [4.69, 9.17) is 9.47 Å². The molecule has 304 valence electrons. The number of carbonyl (C=O) groups excluding carboxylic acids is 3. The molecule has 2 aliphatic heterocycles. The fraction of sp³-hybridized carbons (Fsp3) is 0.133. The van der Waals surface area contributed by atoms with Gasteiger partial charge in [-0.25, -0.2) is 14.6 Å². The van der Waals surface area contributed by atoms with E-state index in [1.54, 1.807) is 92.8 Å². The Bertz CT molecular complexity index is 2560. The van der Waals surface area contributed by atoms with Crippen LogP contribution in [0, 0.1) is 0 Å². The van der Waals surface area contributed by atoms with E-state index >= 15 is 0 Å². The van der Waals surface area contributed by atoms with Crippen molar-refractivity contribution in [3.8, 4) is 11.5 Å². The van der Waals surface area contributed by atoms with Gasteiger partial charge in [0.25, 0.3) is 5.91 Å². The van der Waals surface area contributed by atoms with E-state index < -0.39 is 17.9 Å². The van der Waals surface area contributed by atoms with Crippen LogP contribution < -0.4 is 31.3 Å². The topological polar surface area (TPSA) is 195 Å². The van der Waals surface area contributed by atoms with E-state index in [-0.39, 0.29) is 36.0 Å². The summed E-state index contributed by atoms with van der Waals surface area (Å²) in [5, 5.41) is 37.0. The molecule has 0 saturated heterocycles. The number of phenolic OH excluding ortho intramolecular Hbond substituents is 1. The molecule has 0 bridgehead atoms. The van der Waals surface area contributed by atoms with Crippen molar-refractivity contribution in [3.05, 3.63) is 154 Å². The number of rotatable bonds is 13. The van der Waals surface area contributed by atoms with E-state index in [0.717, 1.165) is 41.8 Å². The Morgan fingerprint density at radius 3 is 2.37 bits per heavy atom. The lowest BCUT2D eigenvalue weighted by Gasteiger charge is -2.13. The first kappa shape index (κ1) is 40.7. The molecule has 7 rings (SSSR count). The van der Waals surface area contributed by atoms with Crippen LogP contribution in [0.15, 0.2) is 141 Å². The first-order valence-electron chi connectivity index (χ1n) is 19.0. The standard InChI is InChI=1S/C45H41N7O7S/c1-3-58-44(56)39-40(54)38(60-43(39)50-31-9-5-4-6-10-31)22-27-12-17-37(36(53)21-27)59-26-28-8-7-11-33(20-28)49-42(55)30-23-34(46-2)25-35(24-30)52-45(57)51-32-15-13-29(14-16-32)41-47-18-19-48-41/h4-17,20-25,46,53-54H,3,18-19,26H2,1-2H3,(H,47,48)(H,49,55)(H2,51,52,57)/b38-22-,50-43?. The second-order valence-corrected chi connectivity index (χ2v) is 14.4. The largest absolute Gasteiger partial charge is 0.506 e. The van der Waals surface area contributed by atoms with Gasteiger partial charge in [-0.2, -0.15) is 0 Å². The number of aliphatic imine (C=N–C) groups is 2. The van der Waals surface area contributed by atoms with Gasteiger partial charge in [0.15, 0.2) is 11.5 Å². The third kappa shape index (κ3) is 10.1. The summed E-state index contributed by atoms with van der Waals surface area (Å²) in [5.41, 5.74) is 5.23. The van der Waals surface area contributed by atoms with Gasteiger partial charge in [0.1, 0.15) is 28.8 Å². The summed E-state index contributed by atoms with van der Waals surface area (Å²) in [6, 6.07) is 32.8. The van der Waals surface area contributed by atoms with Crippen molar-refractivity contribution in [2.45, 2.75) is 13.5 Å². The van der Waals surface area contributed by atoms with Crippen LogP contribution in [0.5, 0.6) is 11.5 Å². The highest BCUT2D eigenvalue weighted by molar-refractivity contribution is 8.18. The number of amides is 3. The molecule has 0 aliphatic carbocycles. The second kappa shape index (κ2) is 18.8. The Kier molecular flexibility index (Phi) is 12.8. The van der Waals surface area contributed by atoms with E-state index in [1.165, 1.54) is 6.07 Å². The first-order valence-corrected chi connectivity index (χ1v) is 19.8. The van der Waals surface area contributed by atoms with Crippen LogP contribution in [-0.4, -0.2) is 65.7 Å². The van der Waals surface area contributed by atoms with Crippen molar-refractivity contribution < 1.29 is 34.1 Å². The number of carbonyl (C=O) groups is 3. The molecule has 0 saturated carbocycles. The molecule has 5 aromatic rings. The number of amidine groups is 1. The van der Waals surface area contributed by atoms with Crippen molar-refractivity contribution >= 4 is 75.1 Å². The molecule has 0 aromatic heterocycles. The smallest absolute Gasteiger partial charge is 0.344 e. The zero-order chi connectivity index (χ0) is 42.0. The number of aromatic hydroxyl groups is 1. The quantitative estimate of drug-likeness (QED) is 0.0567. The zero-order valence-corrected chi connectivity index (χ0v) is 33.4. The zero-order valence-electron chi connectivity index (χ0n) is 32.6. The van der Waals surface area contributed by atoms with Crippen LogP contribution in [0.25, 0.3) is 6.08 Å². The number of thioether (sulfide) groups is 1. The van der Waals surface area contributed by atoms with E-state index in [0.29, 0.717) is 49.5 Å². The first-order chi connectivity index (χ1) is 29.1. The van der Waals surface area contributed by atoms with Crippen LogP contribution in [0.2, 0.25) is 0 Å². The van der Waals surface area contributed by atoms with Gasteiger partial charge in [-0.05, 0) is 103 Å². The van der Waals surface area contributed by atoms with Crippen LogP contribution >= 0.6 is 11.8 Å². The number of ether oxygens (including phenoxy) is 2. The average Bonchev–Trinajstić information content (AvgIpc) is 3.89. The Morgan fingerprint density at radius 2 is 1.63 bits per heavy atom. The summed E-state index contributed by atoms with van der Waals surface area (Å²) in [6.07, 6.45) is 1.63. The van der Waals surface area contributed by atoms with E-state index in [1.807, 2.05) is 36.4 Å². The Balaban J connectivity index is 0.974. The normalized spacial score (nSPS) is 14.7. The molecule has 7 N–H and O–H groups in total. The number of nitrogens with one attached hydrogen (secondary N) is 5. The number of hydrogen-bond donors (Lipinski definition) is 7. The molecule has 0 fully saturated rings. The van der Waals surface area contributed by atoms with Gasteiger partial charge in [0.05, 0.1) is 23.7 Å². The lowest BCUT2D eigenvalue weighted by molar-refractivity contribution is -0.138. The number of nitrogens with zero attached hydrogens (tertiary/aromatic N) is 2. The predicted octanol–water partition coefficient (Wildman–Crippen LogP) is 8.45. The van der Waals surface area contributed by atoms with Gasteiger partial charge in [0, 0.05) is 47.5 Å². The lowest BCUT2D eigenvalue weighted by atomic mass is 10.1. The highest BCUT2D eigenvalue weighted by atomic mass is 32.2. The molecule has 3 amide bonds. The monoisotopic (exact) mass is 823 g/mol. The van der Waals surface area contributed by atoms with Gasteiger partial charge in [-0.3, -0.25) is 9.79 Å². The number of aliphatic hydroxyl groups is 1. The summed E-state index contributed by atoms with van der Waals surface area (Å²) < 4.78 is 11.1. The highest BCUT2D eigenvalue weighted by Gasteiger charge is 2.33. The summed E-state index contributed by atoms with van der Waals surface area (Å²) in [5.74, 6) is -0.447. The van der Waals surface area contributed by atoms with Crippen LogP contribution in [0.4, 0.5) is 33.2 Å². The van der Waals surface area contributed by atoms with Gasteiger partial charge >= 0.3 is 12.0 Å². The van der Waals surface area contributed by atoms with Crippen molar-refractivity contribution in [3.63, 3.8) is 0 Å². The number of urea groups is 1. The minimum atomic E-state index is -0.686. The molecule has 15 heteroatoms. The summed E-state index contributed by atoms with van der Waals surface area (Å²) in [7, 11) is 1.72. The SMILES string of the molecule is CCOC(=O)C1=C(O)/C(=C/c2ccc(OCc3cccc(NC(=O)c4cc(NC)cc(NC(=O)Nc5ccc(C6=NCCN6)cc5)c4)c3)c(O)c2)SC1=Nc1ccccc1. The highest BCUT2D eigenvalue weighted by Crippen LogP contribution is 2.41. The van der Waals surface area contributed by atoms with Crippen LogP contribution in [0.1, 0.15) is 34.0 Å². The minimum Gasteiger partial charge on any atom is -0.506 e. The van der Waals surface area contributed by atoms with Crippen LogP contribution in [0.3, 0.4) is 0 Å². The maximum atomic E-state index is 13.4. The number of esters is 1. The van der Waals surface area contributed by atoms with Crippen molar-refractivity contribution in [2.75, 3.05) is 48.0 Å². The number of phenols is 1.